The normalized spacial score (nSPS) is 11.2. The fourth-order valence-corrected chi connectivity index (χ4v) is 2.40. The Morgan fingerprint density at radius 2 is 2.10 bits per heavy atom. The lowest BCUT2D eigenvalue weighted by atomic mass is 10.2. The minimum absolute atomic E-state index is 0.268. The Kier molecular flexibility index (Phi) is 2.79. The molecule has 0 radical (unpaired) electrons. The highest BCUT2D eigenvalue weighted by Gasteiger charge is 2.16. The molecule has 1 aromatic carbocycles. The van der Waals surface area contributed by atoms with Crippen LogP contribution in [-0.2, 0) is 7.05 Å². The van der Waals surface area contributed by atoms with Crippen molar-refractivity contribution in [3.63, 3.8) is 0 Å². The molecular formula is C15H15N5. The van der Waals surface area contributed by atoms with Crippen LogP contribution in [0.3, 0.4) is 0 Å². The van der Waals surface area contributed by atoms with E-state index in [9.17, 15) is 0 Å². The lowest BCUT2D eigenvalue weighted by Gasteiger charge is -2.11. The molecular weight excluding hydrogens is 250 g/mol. The van der Waals surface area contributed by atoms with Crippen LogP contribution in [0.1, 0.15) is 25.5 Å². The van der Waals surface area contributed by atoms with Crippen molar-refractivity contribution in [3.05, 3.63) is 36.3 Å². The highest BCUT2D eigenvalue weighted by Crippen LogP contribution is 2.27. The van der Waals surface area contributed by atoms with Crippen molar-refractivity contribution >= 4 is 11.0 Å². The van der Waals surface area contributed by atoms with E-state index in [0.717, 1.165) is 22.6 Å². The van der Waals surface area contributed by atoms with E-state index in [2.05, 4.69) is 34.5 Å². The van der Waals surface area contributed by atoms with E-state index in [0.29, 0.717) is 5.56 Å². The standard InChI is InChI=1S/C15H15N5/c1-10(2)20-14-5-4-11(7-16)6-12(14)18-15(20)13-8-19(3)9-17-13/h4-6,8-10H,1-3H3. The van der Waals surface area contributed by atoms with Crippen LogP contribution in [0.25, 0.3) is 22.6 Å². The summed E-state index contributed by atoms with van der Waals surface area (Å²) in [5.41, 5.74) is 3.33. The molecule has 5 heteroatoms. The molecule has 0 N–H and O–H groups in total. The molecule has 2 heterocycles. The average molecular weight is 265 g/mol. The zero-order valence-corrected chi connectivity index (χ0v) is 11.7. The van der Waals surface area contributed by atoms with Gasteiger partial charge in [-0.25, -0.2) is 9.97 Å². The fourth-order valence-electron chi connectivity index (χ4n) is 2.40. The highest BCUT2D eigenvalue weighted by atomic mass is 15.1. The molecule has 0 fully saturated rings. The Labute approximate surface area is 117 Å². The molecule has 0 amide bonds. The lowest BCUT2D eigenvalue weighted by molar-refractivity contribution is 0.623. The van der Waals surface area contributed by atoms with Crippen molar-refractivity contribution in [2.24, 2.45) is 7.05 Å². The molecule has 100 valence electrons. The van der Waals surface area contributed by atoms with Gasteiger partial charge in [-0.15, -0.1) is 0 Å². The van der Waals surface area contributed by atoms with Gasteiger partial charge in [0.15, 0.2) is 5.82 Å². The van der Waals surface area contributed by atoms with E-state index >= 15 is 0 Å². The Bertz CT molecular complexity index is 817. The third kappa shape index (κ3) is 1.86. The summed E-state index contributed by atoms with van der Waals surface area (Å²) in [7, 11) is 1.94. The second-order valence-corrected chi connectivity index (χ2v) is 5.14. The van der Waals surface area contributed by atoms with E-state index in [-0.39, 0.29) is 6.04 Å². The van der Waals surface area contributed by atoms with Crippen LogP contribution in [0.2, 0.25) is 0 Å². The smallest absolute Gasteiger partial charge is 0.161 e. The first-order valence-corrected chi connectivity index (χ1v) is 6.50. The summed E-state index contributed by atoms with van der Waals surface area (Å²) in [5.74, 6) is 0.839. The van der Waals surface area contributed by atoms with Crippen LogP contribution in [-0.4, -0.2) is 19.1 Å². The monoisotopic (exact) mass is 265 g/mol. The van der Waals surface area contributed by atoms with Gasteiger partial charge < -0.3 is 9.13 Å². The van der Waals surface area contributed by atoms with Gasteiger partial charge in [0.1, 0.15) is 5.69 Å². The maximum atomic E-state index is 9.00. The van der Waals surface area contributed by atoms with Crippen LogP contribution < -0.4 is 0 Å². The SMILES string of the molecule is CC(C)n1c(-c2cn(C)cn2)nc2cc(C#N)ccc21. The van der Waals surface area contributed by atoms with Gasteiger partial charge in [-0.1, -0.05) is 0 Å². The summed E-state index contributed by atoms with van der Waals surface area (Å²) >= 11 is 0. The van der Waals surface area contributed by atoms with Gasteiger partial charge in [0.25, 0.3) is 0 Å². The molecule has 0 aliphatic carbocycles. The number of aromatic nitrogens is 4. The molecule has 0 aliphatic heterocycles. The topological polar surface area (TPSA) is 59.4 Å². The molecule has 0 bridgehead atoms. The summed E-state index contributed by atoms with van der Waals surface area (Å²) in [6.45, 7) is 4.23. The predicted molar refractivity (Wildman–Crippen MR) is 77.0 cm³/mol. The Morgan fingerprint density at radius 1 is 1.30 bits per heavy atom. The third-order valence-corrected chi connectivity index (χ3v) is 3.27. The van der Waals surface area contributed by atoms with Crippen LogP contribution in [0, 0.1) is 11.3 Å². The zero-order valence-electron chi connectivity index (χ0n) is 11.7. The van der Waals surface area contributed by atoms with Gasteiger partial charge in [0.2, 0.25) is 0 Å². The molecule has 0 unspecified atom stereocenters. The van der Waals surface area contributed by atoms with Gasteiger partial charge in [0.05, 0.1) is 29.0 Å². The zero-order chi connectivity index (χ0) is 14.3. The number of benzene rings is 1. The molecule has 2 aromatic heterocycles. The van der Waals surface area contributed by atoms with Crippen LogP contribution in [0.5, 0.6) is 0 Å². The average Bonchev–Trinajstić information content (AvgIpc) is 3.00. The highest BCUT2D eigenvalue weighted by molar-refractivity contribution is 5.81. The van der Waals surface area contributed by atoms with E-state index in [4.69, 9.17) is 5.26 Å². The van der Waals surface area contributed by atoms with Gasteiger partial charge in [-0.3, -0.25) is 0 Å². The summed E-state index contributed by atoms with van der Waals surface area (Å²) in [4.78, 5) is 9.04. The van der Waals surface area contributed by atoms with Crippen LogP contribution in [0.4, 0.5) is 0 Å². The third-order valence-electron chi connectivity index (χ3n) is 3.27. The van der Waals surface area contributed by atoms with Crippen molar-refractivity contribution < 1.29 is 0 Å². The molecule has 0 saturated heterocycles. The van der Waals surface area contributed by atoms with Crippen molar-refractivity contribution in [1.82, 2.24) is 19.1 Å². The summed E-state index contributed by atoms with van der Waals surface area (Å²) in [5, 5.41) is 9.00. The molecule has 0 saturated carbocycles. The predicted octanol–water partition coefficient (Wildman–Crippen LogP) is 2.89. The van der Waals surface area contributed by atoms with Crippen LogP contribution >= 0.6 is 0 Å². The molecule has 5 nitrogen and oxygen atoms in total. The first-order chi connectivity index (χ1) is 9.60. The van der Waals surface area contributed by atoms with Crippen molar-refractivity contribution in [3.8, 4) is 17.6 Å². The van der Waals surface area contributed by atoms with E-state index < -0.39 is 0 Å². The molecule has 3 aromatic rings. The Morgan fingerprint density at radius 3 is 2.70 bits per heavy atom. The maximum absolute atomic E-state index is 9.00. The number of hydrogen-bond acceptors (Lipinski definition) is 3. The number of hydrogen-bond donors (Lipinski definition) is 0. The van der Waals surface area contributed by atoms with Crippen molar-refractivity contribution in [1.29, 1.82) is 5.26 Å². The number of imidazole rings is 2. The second kappa shape index (κ2) is 4.49. The van der Waals surface area contributed by atoms with Gasteiger partial charge in [0, 0.05) is 19.3 Å². The molecule has 0 aliphatic rings. The molecule has 0 atom stereocenters. The summed E-state index contributed by atoms with van der Waals surface area (Å²) in [6.07, 6.45) is 3.71. The maximum Gasteiger partial charge on any atom is 0.161 e. The Hall–Kier alpha value is -2.61. The number of rotatable bonds is 2. The summed E-state index contributed by atoms with van der Waals surface area (Å²) in [6, 6.07) is 8.02. The van der Waals surface area contributed by atoms with Crippen molar-refractivity contribution in [2.45, 2.75) is 19.9 Å². The first-order valence-electron chi connectivity index (χ1n) is 6.50. The van der Waals surface area contributed by atoms with E-state index in [1.54, 1.807) is 6.33 Å². The van der Waals surface area contributed by atoms with E-state index in [1.807, 2.05) is 36.0 Å². The minimum Gasteiger partial charge on any atom is -0.340 e. The number of nitriles is 1. The second-order valence-electron chi connectivity index (χ2n) is 5.14. The van der Waals surface area contributed by atoms with Gasteiger partial charge in [-0.2, -0.15) is 5.26 Å². The Balaban J connectivity index is 2.31. The van der Waals surface area contributed by atoms with Crippen molar-refractivity contribution in [2.75, 3.05) is 0 Å². The quantitative estimate of drug-likeness (QED) is 0.715. The van der Waals surface area contributed by atoms with Gasteiger partial charge >= 0.3 is 0 Å². The fraction of sp³-hybridized carbons (Fsp3) is 0.267. The summed E-state index contributed by atoms with van der Waals surface area (Å²) < 4.78 is 4.05. The van der Waals surface area contributed by atoms with E-state index in [1.165, 1.54) is 0 Å². The minimum atomic E-state index is 0.268. The number of nitrogens with zero attached hydrogens (tertiary/aromatic N) is 5. The lowest BCUT2D eigenvalue weighted by Crippen LogP contribution is -2.03. The largest absolute Gasteiger partial charge is 0.340 e. The molecule has 0 spiro atoms. The van der Waals surface area contributed by atoms with Gasteiger partial charge in [-0.05, 0) is 32.0 Å². The first kappa shape index (κ1) is 12.4. The molecule has 3 rings (SSSR count). The van der Waals surface area contributed by atoms with Crippen LogP contribution in [0.15, 0.2) is 30.7 Å². The molecule has 20 heavy (non-hydrogen) atoms. The number of aryl methyl sites for hydroxylation is 1. The number of fused-ring (bicyclic) bond motifs is 1.